The molecule has 70 valence electrons. The SMILES string of the molecule is CCCC(O)OC(=O)C(C#N)C#N. The first-order valence-electron chi connectivity index (χ1n) is 3.83. The molecular weight excluding hydrogens is 172 g/mol. The molecule has 0 bridgehead atoms. The second-order valence-electron chi connectivity index (χ2n) is 2.37. The Bertz CT molecular complexity index is 237. The summed E-state index contributed by atoms with van der Waals surface area (Å²) in [4.78, 5) is 10.9. The van der Waals surface area contributed by atoms with E-state index in [1.54, 1.807) is 0 Å². The zero-order valence-electron chi connectivity index (χ0n) is 7.23. The van der Waals surface area contributed by atoms with E-state index in [1.165, 1.54) is 12.1 Å². The molecule has 0 fully saturated rings. The van der Waals surface area contributed by atoms with E-state index in [4.69, 9.17) is 15.6 Å². The Labute approximate surface area is 76.1 Å². The van der Waals surface area contributed by atoms with E-state index in [0.29, 0.717) is 12.8 Å². The molecule has 0 aromatic carbocycles. The van der Waals surface area contributed by atoms with Crippen molar-refractivity contribution in [3.63, 3.8) is 0 Å². The Morgan fingerprint density at radius 2 is 2.08 bits per heavy atom. The van der Waals surface area contributed by atoms with Crippen molar-refractivity contribution in [2.75, 3.05) is 0 Å². The molecule has 0 aliphatic carbocycles. The summed E-state index contributed by atoms with van der Waals surface area (Å²) in [6, 6.07) is 2.90. The van der Waals surface area contributed by atoms with Gasteiger partial charge in [0.25, 0.3) is 0 Å². The van der Waals surface area contributed by atoms with Crippen molar-refractivity contribution < 1.29 is 14.6 Å². The van der Waals surface area contributed by atoms with Gasteiger partial charge in [0.05, 0.1) is 12.1 Å². The van der Waals surface area contributed by atoms with Gasteiger partial charge < -0.3 is 9.84 Å². The minimum Gasteiger partial charge on any atom is -0.434 e. The number of hydrogen-bond acceptors (Lipinski definition) is 5. The Hall–Kier alpha value is -1.59. The largest absolute Gasteiger partial charge is 0.434 e. The number of carbonyl (C=O) groups is 1. The van der Waals surface area contributed by atoms with E-state index >= 15 is 0 Å². The van der Waals surface area contributed by atoms with Gasteiger partial charge in [-0.2, -0.15) is 10.5 Å². The van der Waals surface area contributed by atoms with Crippen LogP contribution in [-0.4, -0.2) is 17.4 Å². The second-order valence-corrected chi connectivity index (χ2v) is 2.37. The molecule has 13 heavy (non-hydrogen) atoms. The van der Waals surface area contributed by atoms with Crippen LogP contribution in [0.4, 0.5) is 0 Å². The van der Waals surface area contributed by atoms with Gasteiger partial charge in [0.2, 0.25) is 12.2 Å². The topological polar surface area (TPSA) is 94.1 Å². The third-order valence-corrected chi connectivity index (χ3v) is 1.28. The van der Waals surface area contributed by atoms with Gasteiger partial charge in [-0.15, -0.1) is 0 Å². The van der Waals surface area contributed by atoms with Gasteiger partial charge in [-0.25, -0.2) is 4.79 Å². The summed E-state index contributed by atoms with van der Waals surface area (Å²) in [5, 5.41) is 25.6. The summed E-state index contributed by atoms with van der Waals surface area (Å²) in [7, 11) is 0. The zero-order chi connectivity index (χ0) is 10.3. The molecule has 0 saturated heterocycles. The maximum atomic E-state index is 10.9. The van der Waals surface area contributed by atoms with Crippen LogP contribution in [0, 0.1) is 28.6 Å². The van der Waals surface area contributed by atoms with Crippen LogP contribution in [0.3, 0.4) is 0 Å². The highest BCUT2D eigenvalue weighted by Gasteiger charge is 2.21. The number of nitrogens with zero attached hydrogens (tertiary/aromatic N) is 2. The smallest absolute Gasteiger partial charge is 0.340 e. The van der Waals surface area contributed by atoms with Crippen molar-refractivity contribution in [3.8, 4) is 12.1 Å². The number of aliphatic hydroxyl groups is 1. The standard InChI is InChI=1S/C8H10N2O3/c1-2-3-7(11)13-8(12)6(4-9)5-10/h6-7,11H,2-3H2,1H3. The third-order valence-electron chi connectivity index (χ3n) is 1.28. The van der Waals surface area contributed by atoms with Gasteiger partial charge in [-0.3, -0.25) is 0 Å². The fourth-order valence-electron chi connectivity index (χ4n) is 0.642. The van der Waals surface area contributed by atoms with Crippen molar-refractivity contribution >= 4 is 5.97 Å². The number of aliphatic hydroxyl groups excluding tert-OH is 1. The lowest BCUT2D eigenvalue weighted by atomic mass is 10.2. The summed E-state index contributed by atoms with van der Waals surface area (Å²) in [6.07, 6.45) is -0.269. The number of hydrogen-bond donors (Lipinski definition) is 1. The molecule has 0 heterocycles. The van der Waals surface area contributed by atoms with Gasteiger partial charge in [0, 0.05) is 6.42 Å². The van der Waals surface area contributed by atoms with Crippen molar-refractivity contribution in [1.29, 1.82) is 10.5 Å². The van der Waals surface area contributed by atoms with E-state index < -0.39 is 18.2 Å². The monoisotopic (exact) mass is 182 g/mol. The van der Waals surface area contributed by atoms with Crippen LogP contribution >= 0.6 is 0 Å². The maximum Gasteiger partial charge on any atom is 0.340 e. The molecule has 1 atom stereocenters. The number of rotatable bonds is 4. The summed E-state index contributed by atoms with van der Waals surface area (Å²) in [5.74, 6) is -2.45. The minimum absolute atomic E-state index is 0.301. The predicted octanol–water partition coefficient (Wildman–Crippen LogP) is 0.311. The molecule has 5 nitrogen and oxygen atoms in total. The van der Waals surface area contributed by atoms with Crippen LogP contribution in [0.25, 0.3) is 0 Å². The Morgan fingerprint density at radius 1 is 1.54 bits per heavy atom. The highest BCUT2D eigenvalue weighted by molar-refractivity contribution is 5.78. The molecule has 0 rings (SSSR count). The van der Waals surface area contributed by atoms with Gasteiger partial charge in [0.1, 0.15) is 0 Å². The van der Waals surface area contributed by atoms with Crippen LogP contribution in [0.15, 0.2) is 0 Å². The first-order valence-corrected chi connectivity index (χ1v) is 3.83. The Kier molecular flexibility index (Phi) is 5.25. The number of ether oxygens (including phenoxy) is 1. The van der Waals surface area contributed by atoms with Gasteiger partial charge in [-0.05, 0) is 0 Å². The van der Waals surface area contributed by atoms with Crippen LogP contribution in [0.5, 0.6) is 0 Å². The van der Waals surface area contributed by atoms with Crippen molar-refractivity contribution in [1.82, 2.24) is 0 Å². The summed E-state index contributed by atoms with van der Waals surface area (Å²) in [5.41, 5.74) is 0. The summed E-state index contributed by atoms with van der Waals surface area (Å²) < 4.78 is 4.41. The number of esters is 1. The van der Waals surface area contributed by atoms with Crippen LogP contribution < -0.4 is 0 Å². The average Bonchev–Trinajstić information content (AvgIpc) is 2.06. The molecule has 1 unspecified atom stereocenters. The summed E-state index contributed by atoms with van der Waals surface area (Å²) in [6.45, 7) is 1.81. The first kappa shape index (κ1) is 11.4. The molecule has 1 N–H and O–H groups in total. The number of carbonyl (C=O) groups excluding carboxylic acids is 1. The van der Waals surface area contributed by atoms with E-state index in [-0.39, 0.29) is 0 Å². The molecule has 0 aromatic rings. The van der Waals surface area contributed by atoms with E-state index in [1.807, 2.05) is 6.92 Å². The molecular formula is C8H10N2O3. The van der Waals surface area contributed by atoms with Crippen molar-refractivity contribution in [3.05, 3.63) is 0 Å². The average molecular weight is 182 g/mol. The highest BCUT2D eigenvalue weighted by atomic mass is 16.6. The molecule has 0 aliphatic heterocycles. The van der Waals surface area contributed by atoms with Crippen molar-refractivity contribution in [2.24, 2.45) is 5.92 Å². The first-order chi connectivity index (χ1) is 6.15. The zero-order valence-corrected chi connectivity index (χ0v) is 7.23. The molecule has 0 spiro atoms. The molecule has 0 amide bonds. The van der Waals surface area contributed by atoms with E-state index in [0.717, 1.165) is 0 Å². The third kappa shape index (κ3) is 4.09. The van der Waals surface area contributed by atoms with E-state index in [9.17, 15) is 4.79 Å². The van der Waals surface area contributed by atoms with E-state index in [2.05, 4.69) is 4.74 Å². The van der Waals surface area contributed by atoms with Gasteiger partial charge in [-0.1, -0.05) is 13.3 Å². The maximum absolute atomic E-state index is 10.9. The fourth-order valence-corrected chi connectivity index (χ4v) is 0.642. The molecule has 5 heteroatoms. The lowest BCUT2D eigenvalue weighted by Gasteiger charge is -2.10. The fraction of sp³-hybridized carbons (Fsp3) is 0.625. The van der Waals surface area contributed by atoms with Crippen LogP contribution in [0.1, 0.15) is 19.8 Å². The van der Waals surface area contributed by atoms with Gasteiger partial charge in [0.15, 0.2) is 0 Å². The Morgan fingerprint density at radius 3 is 2.46 bits per heavy atom. The quantitative estimate of drug-likeness (QED) is 0.498. The predicted molar refractivity (Wildman–Crippen MR) is 41.7 cm³/mol. The van der Waals surface area contributed by atoms with Crippen molar-refractivity contribution in [2.45, 2.75) is 26.1 Å². The lowest BCUT2D eigenvalue weighted by molar-refractivity contribution is -0.169. The highest BCUT2D eigenvalue weighted by Crippen LogP contribution is 2.03. The van der Waals surface area contributed by atoms with Crippen LogP contribution in [0.2, 0.25) is 0 Å². The molecule has 0 radical (unpaired) electrons. The van der Waals surface area contributed by atoms with Crippen LogP contribution in [-0.2, 0) is 9.53 Å². The summed E-state index contributed by atoms with van der Waals surface area (Å²) >= 11 is 0. The Balaban J connectivity index is 4.02. The minimum atomic E-state index is -1.45. The molecule has 0 aromatic heterocycles. The lowest BCUT2D eigenvalue weighted by Crippen LogP contribution is -2.22. The van der Waals surface area contributed by atoms with Gasteiger partial charge >= 0.3 is 5.97 Å². The number of nitriles is 2. The normalized spacial score (nSPS) is 11.5. The second kappa shape index (κ2) is 5.99. The molecule has 0 aliphatic rings. The molecule has 0 saturated carbocycles.